The van der Waals surface area contributed by atoms with Gasteiger partial charge in [-0.2, -0.15) is 0 Å². The van der Waals surface area contributed by atoms with E-state index in [1.807, 2.05) is 6.20 Å². The monoisotopic (exact) mass is 253 g/mol. The van der Waals surface area contributed by atoms with Gasteiger partial charge in [0.15, 0.2) is 0 Å². The van der Waals surface area contributed by atoms with Crippen molar-refractivity contribution in [3.8, 4) is 0 Å². The molecule has 0 fully saturated rings. The average Bonchev–Trinajstić information content (AvgIpc) is 2.48. The molecule has 0 aliphatic carbocycles. The van der Waals surface area contributed by atoms with E-state index < -0.39 is 0 Å². The molecule has 98 valence electrons. The third kappa shape index (κ3) is 3.18. The van der Waals surface area contributed by atoms with E-state index in [4.69, 9.17) is 4.98 Å². The Labute approximate surface area is 114 Å². The number of hydrogen-bond donors (Lipinski definition) is 1. The van der Waals surface area contributed by atoms with Crippen LogP contribution in [0.1, 0.15) is 29.1 Å². The van der Waals surface area contributed by atoms with E-state index in [0.29, 0.717) is 0 Å². The van der Waals surface area contributed by atoms with Crippen LogP contribution in [-0.4, -0.2) is 16.5 Å². The minimum absolute atomic E-state index is 0.916. The molecule has 0 saturated heterocycles. The Morgan fingerprint density at radius 1 is 1.11 bits per heavy atom. The predicted molar refractivity (Wildman–Crippen MR) is 75.9 cm³/mol. The van der Waals surface area contributed by atoms with E-state index >= 15 is 0 Å². The van der Waals surface area contributed by atoms with E-state index in [1.54, 1.807) is 0 Å². The van der Waals surface area contributed by atoms with Crippen molar-refractivity contribution in [3.05, 3.63) is 59.2 Å². The van der Waals surface area contributed by atoms with Gasteiger partial charge in [0.25, 0.3) is 0 Å². The maximum absolute atomic E-state index is 4.69. The van der Waals surface area contributed by atoms with Crippen molar-refractivity contribution in [1.29, 1.82) is 0 Å². The van der Waals surface area contributed by atoms with Gasteiger partial charge in [0.2, 0.25) is 0 Å². The molecule has 1 aliphatic heterocycles. The van der Waals surface area contributed by atoms with Crippen molar-refractivity contribution < 1.29 is 0 Å². The number of aryl methyl sites for hydroxylation is 2. The molecule has 3 rings (SSSR count). The van der Waals surface area contributed by atoms with Crippen LogP contribution in [0.3, 0.4) is 0 Å². The number of fused-ring (bicyclic) bond motifs is 1. The Morgan fingerprint density at radius 3 is 2.89 bits per heavy atom. The van der Waals surface area contributed by atoms with Crippen molar-refractivity contribution in [2.24, 2.45) is 0 Å². The summed E-state index contributed by atoms with van der Waals surface area (Å²) in [7, 11) is 0. The molecule has 0 unspecified atom stereocenters. The van der Waals surface area contributed by atoms with Gasteiger partial charge in [-0.15, -0.1) is 0 Å². The molecule has 1 aliphatic rings. The van der Waals surface area contributed by atoms with Crippen LogP contribution < -0.4 is 5.32 Å². The van der Waals surface area contributed by atoms with Crippen LogP contribution in [0.4, 0.5) is 0 Å². The Hall–Kier alpha value is -1.74. The maximum Gasteiger partial charge on any atom is 0.128 e. The highest BCUT2D eigenvalue weighted by molar-refractivity contribution is 5.20. The molecule has 0 radical (unpaired) electrons. The van der Waals surface area contributed by atoms with E-state index in [9.17, 15) is 0 Å². The molecule has 19 heavy (non-hydrogen) atoms. The van der Waals surface area contributed by atoms with Crippen molar-refractivity contribution in [2.75, 3.05) is 6.54 Å². The number of rotatable bonds is 4. The van der Waals surface area contributed by atoms with Crippen molar-refractivity contribution >= 4 is 0 Å². The summed E-state index contributed by atoms with van der Waals surface area (Å²) in [4.78, 5) is 9.17. The van der Waals surface area contributed by atoms with Crippen LogP contribution in [0, 0.1) is 0 Å². The van der Waals surface area contributed by atoms with Gasteiger partial charge in [0, 0.05) is 43.4 Å². The lowest BCUT2D eigenvalue weighted by Crippen LogP contribution is -2.25. The molecule has 0 atom stereocenters. The maximum atomic E-state index is 4.69. The Balaban J connectivity index is 1.58. The molecule has 1 aromatic heterocycles. The SMILES string of the molecule is c1ccc(CCCc2ncc3c(n2)CCNC3)cc1. The number of benzene rings is 1. The normalized spacial score (nSPS) is 14.1. The summed E-state index contributed by atoms with van der Waals surface area (Å²) < 4.78 is 0. The third-order valence-electron chi connectivity index (χ3n) is 3.57. The molecule has 3 heteroatoms. The fraction of sp³-hybridized carbons (Fsp3) is 0.375. The van der Waals surface area contributed by atoms with Gasteiger partial charge in [-0.1, -0.05) is 30.3 Å². The van der Waals surface area contributed by atoms with E-state index in [2.05, 4.69) is 40.6 Å². The van der Waals surface area contributed by atoms with Gasteiger partial charge >= 0.3 is 0 Å². The fourth-order valence-corrected chi connectivity index (χ4v) is 2.49. The molecule has 3 nitrogen and oxygen atoms in total. The molecule has 1 aromatic carbocycles. The lowest BCUT2D eigenvalue weighted by Gasteiger charge is -2.16. The molecule has 2 aromatic rings. The Morgan fingerprint density at radius 2 is 2.00 bits per heavy atom. The van der Waals surface area contributed by atoms with Crippen LogP contribution >= 0.6 is 0 Å². The molecular weight excluding hydrogens is 234 g/mol. The number of aromatic nitrogens is 2. The second kappa shape index (κ2) is 5.93. The highest BCUT2D eigenvalue weighted by atomic mass is 14.9. The smallest absolute Gasteiger partial charge is 0.128 e. The number of nitrogens with one attached hydrogen (secondary N) is 1. The van der Waals surface area contributed by atoms with E-state index in [0.717, 1.165) is 44.6 Å². The van der Waals surface area contributed by atoms with Gasteiger partial charge in [0.1, 0.15) is 5.82 Å². The summed E-state index contributed by atoms with van der Waals surface area (Å²) in [6.07, 6.45) is 6.20. The summed E-state index contributed by atoms with van der Waals surface area (Å²) in [6, 6.07) is 10.6. The van der Waals surface area contributed by atoms with Crippen molar-refractivity contribution in [3.63, 3.8) is 0 Å². The first-order valence-corrected chi connectivity index (χ1v) is 7.00. The van der Waals surface area contributed by atoms with Gasteiger partial charge < -0.3 is 5.32 Å². The van der Waals surface area contributed by atoms with Crippen molar-refractivity contribution in [1.82, 2.24) is 15.3 Å². The Bertz CT molecular complexity index is 537. The quantitative estimate of drug-likeness (QED) is 0.908. The van der Waals surface area contributed by atoms with Crippen LogP contribution in [0.5, 0.6) is 0 Å². The lowest BCUT2D eigenvalue weighted by atomic mass is 10.1. The van der Waals surface area contributed by atoms with Crippen LogP contribution in [0.15, 0.2) is 36.5 Å². The predicted octanol–water partition coefficient (Wildman–Crippen LogP) is 2.30. The highest BCUT2D eigenvalue weighted by Gasteiger charge is 2.11. The van der Waals surface area contributed by atoms with E-state index in [1.165, 1.54) is 16.8 Å². The van der Waals surface area contributed by atoms with E-state index in [-0.39, 0.29) is 0 Å². The standard InChI is InChI=1S/C16H19N3/c1-2-5-13(6-3-1)7-4-8-16-18-12-14-11-17-10-9-15(14)19-16/h1-3,5-6,12,17H,4,7-11H2. The molecule has 0 spiro atoms. The second-order valence-electron chi connectivity index (χ2n) is 5.02. The average molecular weight is 253 g/mol. The van der Waals surface area contributed by atoms with Gasteiger partial charge in [-0.05, 0) is 18.4 Å². The second-order valence-corrected chi connectivity index (χ2v) is 5.02. The minimum atomic E-state index is 0.916. The molecular formula is C16H19N3. The zero-order valence-electron chi connectivity index (χ0n) is 11.1. The van der Waals surface area contributed by atoms with Crippen LogP contribution in [0.2, 0.25) is 0 Å². The first-order valence-electron chi connectivity index (χ1n) is 7.00. The summed E-state index contributed by atoms with van der Waals surface area (Å²) in [5, 5.41) is 3.35. The molecule has 2 heterocycles. The molecule has 0 amide bonds. The topological polar surface area (TPSA) is 37.8 Å². The largest absolute Gasteiger partial charge is 0.312 e. The van der Waals surface area contributed by atoms with Crippen LogP contribution in [0.25, 0.3) is 0 Å². The first kappa shape index (κ1) is 12.3. The highest BCUT2D eigenvalue weighted by Crippen LogP contribution is 2.11. The Kier molecular flexibility index (Phi) is 3.84. The molecule has 0 bridgehead atoms. The first-order chi connectivity index (χ1) is 9.42. The fourth-order valence-electron chi connectivity index (χ4n) is 2.49. The zero-order valence-corrected chi connectivity index (χ0v) is 11.1. The summed E-state index contributed by atoms with van der Waals surface area (Å²) in [6.45, 7) is 1.95. The summed E-state index contributed by atoms with van der Waals surface area (Å²) in [5.74, 6) is 0.997. The van der Waals surface area contributed by atoms with Crippen molar-refractivity contribution in [2.45, 2.75) is 32.2 Å². The zero-order chi connectivity index (χ0) is 12.9. The van der Waals surface area contributed by atoms with Gasteiger partial charge in [-0.3, -0.25) is 0 Å². The summed E-state index contributed by atoms with van der Waals surface area (Å²) >= 11 is 0. The summed E-state index contributed by atoms with van der Waals surface area (Å²) in [5.41, 5.74) is 3.89. The number of hydrogen-bond acceptors (Lipinski definition) is 3. The van der Waals surface area contributed by atoms with Gasteiger partial charge in [0.05, 0.1) is 0 Å². The minimum Gasteiger partial charge on any atom is -0.312 e. The molecule has 0 saturated carbocycles. The number of nitrogens with zero attached hydrogens (tertiary/aromatic N) is 2. The van der Waals surface area contributed by atoms with Crippen LogP contribution in [-0.2, 0) is 25.8 Å². The van der Waals surface area contributed by atoms with Gasteiger partial charge in [-0.25, -0.2) is 9.97 Å². The lowest BCUT2D eigenvalue weighted by molar-refractivity contribution is 0.617. The molecule has 1 N–H and O–H groups in total. The third-order valence-corrected chi connectivity index (χ3v) is 3.57.